The molecule has 3 nitrogen and oxygen atoms in total. The molecule has 0 aromatic rings. The molecular formula is C11H21NO2. The highest BCUT2D eigenvalue weighted by atomic mass is 16.5. The fourth-order valence-electron chi connectivity index (χ4n) is 2.14. The Hall–Kier alpha value is -0.120. The van der Waals surface area contributed by atoms with Gasteiger partial charge in [0.05, 0.1) is 19.3 Å². The summed E-state index contributed by atoms with van der Waals surface area (Å²) in [6.45, 7) is 4.35. The SMILES string of the molecule is OCCOC1CCN(CC2CC2)CC1. The molecule has 2 fully saturated rings. The number of likely N-dealkylation sites (tertiary alicyclic amines) is 1. The van der Waals surface area contributed by atoms with Gasteiger partial charge >= 0.3 is 0 Å². The van der Waals surface area contributed by atoms with Crippen LogP contribution in [0.2, 0.25) is 0 Å². The van der Waals surface area contributed by atoms with Crippen LogP contribution in [0, 0.1) is 5.92 Å². The van der Waals surface area contributed by atoms with Gasteiger partial charge in [0.2, 0.25) is 0 Å². The van der Waals surface area contributed by atoms with E-state index in [-0.39, 0.29) is 6.61 Å². The van der Waals surface area contributed by atoms with Crippen molar-refractivity contribution in [3.63, 3.8) is 0 Å². The summed E-state index contributed by atoms with van der Waals surface area (Å²) in [5, 5.41) is 8.64. The third-order valence-electron chi connectivity index (χ3n) is 3.19. The minimum atomic E-state index is 0.155. The summed E-state index contributed by atoms with van der Waals surface area (Å²) in [7, 11) is 0. The standard InChI is InChI=1S/C11H21NO2/c13-7-8-14-11-3-5-12(6-4-11)9-10-1-2-10/h10-11,13H,1-9H2. The van der Waals surface area contributed by atoms with E-state index in [1.54, 1.807) is 0 Å². The number of hydrogen-bond acceptors (Lipinski definition) is 3. The Morgan fingerprint density at radius 1 is 1.14 bits per heavy atom. The predicted molar refractivity (Wildman–Crippen MR) is 55.2 cm³/mol. The van der Waals surface area contributed by atoms with Gasteiger partial charge in [-0.2, -0.15) is 0 Å². The largest absolute Gasteiger partial charge is 0.394 e. The van der Waals surface area contributed by atoms with Gasteiger partial charge in [-0.25, -0.2) is 0 Å². The van der Waals surface area contributed by atoms with Crippen molar-refractivity contribution < 1.29 is 9.84 Å². The van der Waals surface area contributed by atoms with Crippen LogP contribution >= 0.6 is 0 Å². The second-order valence-corrected chi connectivity index (χ2v) is 4.54. The van der Waals surface area contributed by atoms with E-state index in [9.17, 15) is 0 Å². The van der Waals surface area contributed by atoms with E-state index >= 15 is 0 Å². The van der Waals surface area contributed by atoms with Crippen LogP contribution in [0.3, 0.4) is 0 Å². The van der Waals surface area contributed by atoms with Gasteiger partial charge in [-0.15, -0.1) is 0 Å². The molecule has 0 aromatic heterocycles. The molecule has 2 aliphatic rings. The molecule has 0 bridgehead atoms. The van der Waals surface area contributed by atoms with Gasteiger partial charge in [0.1, 0.15) is 0 Å². The molecule has 3 heteroatoms. The Balaban J connectivity index is 1.59. The van der Waals surface area contributed by atoms with Crippen molar-refractivity contribution in [1.82, 2.24) is 4.90 Å². The van der Waals surface area contributed by atoms with Gasteiger partial charge in [0, 0.05) is 19.6 Å². The number of nitrogens with zero attached hydrogens (tertiary/aromatic N) is 1. The highest BCUT2D eigenvalue weighted by molar-refractivity contribution is 4.80. The summed E-state index contributed by atoms with van der Waals surface area (Å²) in [4.78, 5) is 2.57. The Labute approximate surface area is 86.0 Å². The van der Waals surface area contributed by atoms with Gasteiger partial charge < -0.3 is 14.7 Å². The molecule has 0 amide bonds. The smallest absolute Gasteiger partial charge is 0.0701 e. The molecule has 14 heavy (non-hydrogen) atoms. The summed E-state index contributed by atoms with van der Waals surface area (Å²) < 4.78 is 5.52. The molecule has 0 spiro atoms. The number of ether oxygens (including phenoxy) is 1. The van der Waals surface area contributed by atoms with Gasteiger partial charge in [0.15, 0.2) is 0 Å². The molecule has 0 aromatic carbocycles. The lowest BCUT2D eigenvalue weighted by molar-refractivity contribution is -0.00832. The maximum Gasteiger partial charge on any atom is 0.0701 e. The van der Waals surface area contributed by atoms with Crippen LogP contribution < -0.4 is 0 Å². The van der Waals surface area contributed by atoms with Crippen molar-refractivity contribution in [2.24, 2.45) is 5.92 Å². The summed E-state index contributed by atoms with van der Waals surface area (Å²) in [5.74, 6) is 1.00. The van der Waals surface area contributed by atoms with Crippen molar-refractivity contribution >= 4 is 0 Å². The number of rotatable bonds is 5. The van der Waals surface area contributed by atoms with Crippen LogP contribution in [0.25, 0.3) is 0 Å². The molecule has 1 aliphatic heterocycles. The average molecular weight is 199 g/mol. The number of piperidine rings is 1. The topological polar surface area (TPSA) is 32.7 Å². The summed E-state index contributed by atoms with van der Waals surface area (Å²) in [5.41, 5.74) is 0. The average Bonchev–Trinajstić information content (AvgIpc) is 3.01. The predicted octanol–water partition coefficient (Wildman–Crippen LogP) is 0.870. The monoisotopic (exact) mass is 199 g/mol. The molecule has 0 unspecified atom stereocenters. The van der Waals surface area contributed by atoms with E-state index in [1.807, 2.05) is 0 Å². The first-order valence-electron chi connectivity index (χ1n) is 5.83. The molecular weight excluding hydrogens is 178 g/mol. The minimum absolute atomic E-state index is 0.155. The Bertz CT molecular complexity index is 163. The van der Waals surface area contributed by atoms with E-state index in [0.717, 1.165) is 18.8 Å². The van der Waals surface area contributed by atoms with Crippen LogP contribution in [0.4, 0.5) is 0 Å². The molecule has 1 saturated heterocycles. The lowest BCUT2D eigenvalue weighted by Crippen LogP contribution is -2.38. The highest BCUT2D eigenvalue weighted by Crippen LogP contribution is 2.30. The maximum absolute atomic E-state index is 8.64. The van der Waals surface area contributed by atoms with E-state index in [0.29, 0.717) is 12.7 Å². The van der Waals surface area contributed by atoms with Crippen molar-refractivity contribution in [2.75, 3.05) is 32.8 Å². The lowest BCUT2D eigenvalue weighted by Gasteiger charge is -2.31. The quantitative estimate of drug-likeness (QED) is 0.713. The summed E-state index contributed by atoms with van der Waals surface area (Å²) in [6.07, 6.45) is 5.58. The molecule has 1 heterocycles. The Morgan fingerprint density at radius 3 is 2.43 bits per heavy atom. The van der Waals surface area contributed by atoms with Gasteiger partial charge in [-0.05, 0) is 31.6 Å². The molecule has 82 valence electrons. The van der Waals surface area contributed by atoms with Gasteiger partial charge in [-0.1, -0.05) is 0 Å². The normalized spacial score (nSPS) is 25.5. The Morgan fingerprint density at radius 2 is 1.86 bits per heavy atom. The molecule has 1 aliphatic carbocycles. The highest BCUT2D eigenvalue weighted by Gasteiger charge is 2.27. The van der Waals surface area contributed by atoms with Crippen LogP contribution in [0.15, 0.2) is 0 Å². The summed E-state index contributed by atoms with van der Waals surface area (Å²) >= 11 is 0. The van der Waals surface area contributed by atoms with E-state index in [4.69, 9.17) is 9.84 Å². The van der Waals surface area contributed by atoms with Crippen molar-refractivity contribution in [1.29, 1.82) is 0 Å². The lowest BCUT2D eigenvalue weighted by atomic mass is 10.1. The van der Waals surface area contributed by atoms with Crippen LogP contribution in [0.1, 0.15) is 25.7 Å². The zero-order valence-electron chi connectivity index (χ0n) is 8.82. The zero-order valence-corrected chi connectivity index (χ0v) is 8.82. The number of aliphatic hydroxyl groups is 1. The molecule has 1 N–H and O–H groups in total. The first-order chi connectivity index (χ1) is 6.88. The van der Waals surface area contributed by atoms with Crippen LogP contribution in [-0.4, -0.2) is 49.0 Å². The maximum atomic E-state index is 8.64. The van der Waals surface area contributed by atoms with Crippen molar-refractivity contribution in [2.45, 2.75) is 31.8 Å². The van der Waals surface area contributed by atoms with Crippen molar-refractivity contribution in [3.05, 3.63) is 0 Å². The summed E-state index contributed by atoms with van der Waals surface area (Å²) in [6, 6.07) is 0. The Kier molecular flexibility index (Phi) is 3.79. The minimum Gasteiger partial charge on any atom is -0.394 e. The van der Waals surface area contributed by atoms with E-state index in [1.165, 1.54) is 32.5 Å². The molecule has 0 atom stereocenters. The second-order valence-electron chi connectivity index (χ2n) is 4.54. The third-order valence-corrected chi connectivity index (χ3v) is 3.19. The number of hydrogen-bond donors (Lipinski definition) is 1. The van der Waals surface area contributed by atoms with Crippen molar-refractivity contribution in [3.8, 4) is 0 Å². The van der Waals surface area contributed by atoms with Crippen LogP contribution in [-0.2, 0) is 4.74 Å². The first-order valence-corrected chi connectivity index (χ1v) is 5.83. The molecule has 1 saturated carbocycles. The molecule has 2 rings (SSSR count). The van der Waals surface area contributed by atoms with Gasteiger partial charge in [0.25, 0.3) is 0 Å². The first kappa shape index (κ1) is 10.4. The zero-order chi connectivity index (χ0) is 9.80. The second kappa shape index (κ2) is 5.10. The van der Waals surface area contributed by atoms with E-state index < -0.39 is 0 Å². The van der Waals surface area contributed by atoms with Crippen LogP contribution in [0.5, 0.6) is 0 Å². The number of aliphatic hydroxyl groups excluding tert-OH is 1. The van der Waals surface area contributed by atoms with E-state index in [2.05, 4.69) is 4.90 Å². The third kappa shape index (κ3) is 3.23. The molecule has 0 radical (unpaired) electrons. The van der Waals surface area contributed by atoms with Gasteiger partial charge in [-0.3, -0.25) is 0 Å². The fraction of sp³-hybridized carbons (Fsp3) is 1.00. The fourth-order valence-corrected chi connectivity index (χ4v) is 2.14.